The molecule has 1 aromatic carbocycles. The molecule has 1 fully saturated rings. The molecule has 1 saturated carbocycles. The molecule has 0 spiro atoms. The fraction of sp³-hybridized carbons (Fsp3) is 0.632. The van der Waals surface area contributed by atoms with Crippen LogP contribution in [0.15, 0.2) is 24.3 Å². The molecule has 0 radical (unpaired) electrons. The second-order valence-corrected chi connectivity index (χ2v) is 6.28. The van der Waals surface area contributed by atoms with Crippen molar-refractivity contribution in [2.45, 2.75) is 46.0 Å². The van der Waals surface area contributed by atoms with Crippen LogP contribution in [0.1, 0.15) is 51.5 Å². The van der Waals surface area contributed by atoms with Gasteiger partial charge in [0.25, 0.3) is 0 Å². The summed E-state index contributed by atoms with van der Waals surface area (Å²) in [4.78, 5) is 14.8. The van der Waals surface area contributed by atoms with E-state index in [1.54, 1.807) is 7.11 Å². The Balaban J connectivity index is 1.98. The van der Waals surface area contributed by atoms with E-state index in [0.717, 1.165) is 38.1 Å². The third kappa shape index (κ3) is 3.82. The van der Waals surface area contributed by atoms with Crippen LogP contribution in [-0.4, -0.2) is 31.0 Å². The maximum Gasteiger partial charge on any atom is 0.226 e. The zero-order valence-corrected chi connectivity index (χ0v) is 14.3. The normalized spacial score (nSPS) is 20.0. The van der Waals surface area contributed by atoms with E-state index in [2.05, 4.69) is 37.8 Å². The molecule has 0 aromatic heterocycles. The SMILES string of the molecule is CCC(CC)CN(CC)C(=O)C1CC1c1cccc(OC)c1. The van der Waals surface area contributed by atoms with E-state index in [1.807, 2.05) is 12.1 Å². The average Bonchev–Trinajstić information content (AvgIpc) is 3.36. The minimum absolute atomic E-state index is 0.168. The molecule has 1 aliphatic rings. The van der Waals surface area contributed by atoms with E-state index < -0.39 is 0 Å². The zero-order valence-electron chi connectivity index (χ0n) is 14.3. The van der Waals surface area contributed by atoms with Gasteiger partial charge in [0.15, 0.2) is 0 Å². The molecule has 2 unspecified atom stereocenters. The minimum Gasteiger partial charge on any atom is -0.497 e. The Morgan fingerprint density at radius 1 is 1.32 bits per heavy atom. The van der Waals surface area contributed by atoms with Gasteiger partial charge in [-0.25, -0.2) is 0 Å². The van der Waals surface area contributed by atoms with E-state index in [-0.39, 0.29) is 5.92 Å². The first-order valence-electron chi connectivity index (χ1n) is 8.57. The summed E-state index contributed by atoms with van der Waals surface area (Å²) in [6.07, 6.45) is 3.26. The molecule has 0 N–H and O–H groups in total. The molecule has 1 aliphatic carbocycles. The van der Waals surface area contributed by atoms with E-state index in [1.165, 1.54) is 5.56 Å². The highest BCUT2D eigenvalue weighted by Crippen LogP contribution is 2.49. The van der Waals surface area contributed by atoms with Gasteiger partial charge in [-0.1, -0.05) is 38.8 Å². The summed E-state index contributed by atoms with van der Waals surface area (Å²) in [6.45, 7) is 8.23. The Hall–Kier alpha value is -1.51. The molecule has 2 rings (SSSR count). The lowest BCUT2D eigenvalue weighted by atomic mass is 10.0. The molecule has 0 heterocycles. The largest absolute Gasteiger partial charge is 0.497 e. The molecule has 1 amide bonds. The Kier molecular flexibility index (Phi) is 5.87. The lowest BCUT2D eigenvalue weighted by molar-refractivity contribution is -0.133. The Bertz CT molecular complexity index is 496. The Morgan fingerprint density at radius 3 is 2.64 bits per heavy atom. The summed E-state index contributed by atoms with van der Waals surface area (Å²) in [5.74, 6) is 2.37. The minimum atomic E-state index is 0.168. The van der Waals surface area contributed by atoms with Crippen LogP contribution in [0.25, 0.3) is 0 Å². The zero-order chi connectivity index (χ0) is 16.1. The van der Waals surface area contributed by atoms with Gasteiger partial charge in [0.2, 0.25) is 5.91 Å². The number of benzene rings is 1. The predicted molar refractivity (Wildman–Crippen MR) is 90.2 cm³/mol. The van der Waals surface area contributed by atoms with Crippen LogP contribution in [0.5, 0.6) is 5.75 Å². The van der Waals surface area contributed by atoms with Crippen LogP contribution < -0.4 is 4.74 Å². The molecular weight excluding hydrogens is 274 g/mol. The molecule has 1 aromatic rings. The van der Waals surface area contributed by atoms with Crippen molar-refractivity contribution in [3.8, 4) is 5.75 Å². The van der Waals surface area contributed by atoms with Crippen molar-refractivity contribution in [3.63, 3.8) is 0 Å². The van der Waals surface area contributed by atoms with Gasteiger partial charge in [0.1, 0.15) is 5.75 Å². The maximum atomic E-state index is 12.7. The van der Waals surface area contributed by atoms with Crippen LogP contribution in [0.4, 0.5) is 0 Å². The number of ether oxygens (including phenoxy) is 1. The maximum absolute atomic E-state index is 12.7. The van der Waals surface area contributed by atoms with Gasteiger partial charge in [-0.15, -0.1) is 0 Å². The Morgan fingerprint density at radius 2 is 2.05 bits per heavy atom. The van der Waals surface area contributed by atoms with Crippen molar-refractivity contribution in [2.24, 2.45) is 11.8 Å². The number of methoxy groups -OCH3 is 1. The number of carbonyl (C=O) groups is 1. The first-order chi connectivity index (χ1) is 10.6. The quantitative estimate of drug-likeness (QED) is 0.724. The third-order valence-corrected chi connectivity index (χ3v) is 4.96. The van der Waals surface area contributed by atoms with Crippen molar-refractivity contribution < 1.29 is 9.53 Å². The van der Waals surface area contributed by atoms with Crippen LogP contribution in [0.2, 0.25) is 0 Å². The molecular formula is C19H29NO2. The smallest absolute Gasteiger partial charge is 0.226 e. The lowest BCUT2D eigenvalue weighted by Crippen LogP contribution is -2.36. The van der Waals surface area contributed by atoms with Crippen LogP contribution >= 0.6 is 0 Å². The second-order valence-electron chi connectivity index (χ2n) is 6.28. The number of rotatable bonds is 8. The van der Waals surface area contributed by atoms with Crippen molar-refractivity contribution >= 4 is 5.91 Å². The summed E-state index contributed by atoms with van der Waals surface area (Å²) >= 11 is 0. The molecule has 3 nitrogen and oxygen atoms in total. The standard InChI is InChI=1S/C19H29NO2/c1-5-14(6-2)13-20(7-3)19(21)18-12-17(18)15-9-8-10-16(11-15)22-4/h8-11,14,17-18H,5-7,12-13H2,1-4H3. The molecule has 2 atom stereocenters. The number of nitrogens with zero attached hydrogens (tertiary/aromatic N) is 1. The van der Waals surface area contributed by atoms with Gasteiger partial charge in [-0.2, -0.15) is 0 Å². The van der Waals surface area contributed by atoms with Crippen molar-refractivity contribution in [1.82, 2.24) is 4.90 Å². The average molecular weight is 303 g/mol. The Labute approximate surface area is 134 Å². The molecule has 0 bridgehead atoms. The number of hydrogen-bond donors (Lipinski definition) is 0. The first-order valence-corrected chi connectivity index (χ1v) is 8.57. The molecule has 122 valence electrons. The summed E-state index contributed by atoms with van der Waals surface area (Å²) in [5, 5.41) is 0. The third-order valence-electron chi connectivity index (χ3n) is 4.96. The summed E-state index contributed by atoms with van der Waals surface area (Å²) in [6, 6.07) is 8.14. The van der Waals surface area contributed by atoms with Crippen LogP contribution in [0, 0.1) is 11.8 Å². The van der Waals surface area contributed by atoms with Crippen molar-refractivity contribution in [3.05, 3.63) is 29.8 Å². The number of amides is 1. The summed E-state index contributed by atoms with van der Waals surface area (Å²) < 4.78 is 5.28. The second kappa shape index (κ2) is 7.66. The van der Waals surface area contributed by atoms with Crippen molar-refractivity contribution in [1.29, 1.82) is 0 Å². The fourth-order valence-corrected chi connectivity index (χ4v) is 3.18. The van der Waals surface area contributed by atoms with Crippen LogP contribution in [0.3, 0.4) is 0 Å². The van der Waals surface area contributed by atoms with Gasteiger partial charge in [0.05, 0.1) is 7.11 Å². The van der Waals surface area contributed by atoms with E-state index in [0.29, 0.717) is 17.7 Å². The van der Waals surface area contributed by atoms with Gasteiger partial charge in [-0.3, -0.25) is 4.79 Å². The monoisotopic (exact) mass is 303 g/mol. The molecule has 22 heavy (non-hydrogen) atoms. The van der Waals surface area contributed by atoms with Crippen molar-refractivity contribution in [2.75, 3.05) is 20.2 Å². The fourth-order valence-electron chi connectivity index (χ4n) is 3.18. The summed E-state index contributed by atoms with van der Waals surface area (Å²) in [5.41, 5.74) is 1.23. The molecule has 3 heteroatoms. The van der Waals surface area contributed by atoms with Crippen LogP contribution in [-0.2, 0) is 4.79 Å². The highest BCUT2D eigenvalue weighted by molar-refractivity contribution is 5.83. The molecule has 0 saturated heterocycles. The first kappa shape index (κ1) is 16.9. The highest BCUT2D eigenvalue weighted by Gasteiger charge is 2.45. The van der Waals surface area contributed by atoms with Gasteiger partial charge in [-0.05, 0) is 42.9 Å². The topological polar surface area (TPSA) is 29.5 Å². The van der Waals surface area contributed by atoms with E-state index in [4.69, 9.17) is 4.74 Å². The van der Waals surface area contributed by atoms with Gasteiger partial charge >= 0.3 is 0 Å². The molecule has 0 aliphatic heterocycles. The van der Waals surface area contributed by atoms with E-state index in [9.17, 15) is 4.79 Å². The van der Waals surface area contributed by atoms with Gasteiger partial charge < -0.3 is 9.64 Å². The van der Waals surface area contributed by atoms with E-state index >= 15 is 0 Å². The number of carbonyl (C=O) groups excluding carboxylic acids is 1. The highest BCUT2D eigenvalue weighted by atomic mass is 16.5. The lowest BCUT2D eigenvalue weighted by Gasteiger charge is -2.25. The summed E-state index contributed by atoms with van der Waals surface area (Å²) in [7, 11) is 1.68. The number of hydrogen-bond acceptors (Lipinski definition) is 2. The predicted octanol–water partition coefficient (Wildman–Crippen LogP) is 4.08. The van der Waals surface area contributed by atoms with Gasteiger partial charge in [0, 0.05) is 19.0 Å².